The van der Waals surface area contributed by atoms with Crippen LogP contribution in [0.2, 0.25) is 0 Å². The summed E-state index contributed by atoms with van der Waals surface area (Å²) in [5.41, 5.74) is 0. The van der Waals surface area contributed by atoms with E-state index in [0.29, 0.717) is 25.7 Å². The summed E-state index contributed by atoms with van der Waals surface area (Å²) in [6, 6.07) is 0.509. The maximum Gasteiger partial charge on any atom is 0.215 e. The highest BCUT2D eigenvalue weighted by Gasteiger charge is 2.24. The van der Waals surface area contributed by atoms with Gasteiger partial charge in [0.2, 0.25) is 10.0 Å². The van der Waals surface area contributed by atoms with Gasteiger partial charge in [0.05, 0.1) is 12.3 Å². The molecule has 2 fully saturated rings. The first kappa shape index (κ1) is 20.8. The van der Waals surface area contributed by atoms with Crippen molar-refractivity contribution < 1.29 is 8.42 Å². The van der Waals surface area contributed by atoms with Crippen LogP contribution < -0.4 is 10.6 Å². The lowest BCUT2D eigenvalue weighted by Gasteiger charge is -2.25. The van der Waals surface area contributed by atoms with E-state index in [0.717, 1.165) is 43.6 Å². The molecular weight excluding hydrogens is 358 g/mol. The first-order valence-corrected chi connectivity index (χ1v) is 12.1. The van der Waals surface area contributed by atoms with Crippen LogP contribution in [0.4, 0.5) is 0 Å². The average molecular weight is 392 g/mol. The van der Waals surface area contributed by atoms with E-state index in [4.69, 9.17) is 0 Å². The second-order valence-corrected chi connectivity index (χ2v) is 9.71. The van der Waals surface area contributed by atoms with Crippen molar-refractivity contribution in [3.63, 3.8) is 0 Å². The van der Waals surface area contributed by atoms with Crippen LogP contribution >= 0.6 is 11.8 Å². The van der Waals surface area contributed by atoms with Gasteiger partial charge in [-0.15, -0.1) is 0 Å². The molecule has 2 aliphatic rings. The summed E-state index contributed by atoms with van der Waals surface area (Å²) < 4.78 is 26.4. The van der Waals surface area contributed by atoms with E-state index < -0.39 is 10.0 Å². The summed E-state index contributed by atoms with van der Waals surface area (Å²) in [5.74, 6) is 2.62. The molecule has 7 nitrogen and oxygen atoms in total. The van der Waals surface area contributed by atoms with Gasteiger partial charge in [0.25, 0.3) is 0 Å². The Bertz CT molecular complexity index is 521. The first-order chi connectivity index (χ1) is 12.1. The summed E-state index contributed by atoms with van der Waals surface area (Å²) in [4.78, 5) is 7.13. The van der Waals surface area contributed by atoms with Crippen LogP contribution in [0.5, 0.6) is 0 Å². The lowest BCUT2D eigenvalue weighted by molar-refractivity contribution is 0.273. The highest BCUT2D eigenvalue weighted by molar-refractivity contribution is 7.99. The zero-order valence-corrected chi connectivity index (χ0v) is 17.2. The molecule has 0 saturated carbocycles. The number of hydrogen-bond donors (Lipinski definition) is 2. The zero-order chi connectivity index (χ0) is 18.1. The van der Waals surface area contributed by atoms with Gasteiger partial charge >= 0.3 is 0 Å². The van der Waals surface area contributed by atoms with E-state index in [1.807, 2.05) is 18.7 Å². The normalized spacial score (nSPS) is 23.8. The van der Waals surface area contributed by atoms with E-state index in [-0.39, 0.29) is 5.75 Å². The first-order valence-electron chi connectivity index (χ1n) is 9.38. The van der Waals surface area contributed by atoms with Crippen LogP contribution in [0.1, 0.15) is 26.7 Å². The molecule has 0 aromatic rings. The number of nitrogens with one attached hydrogen (secondary N) is 2. The van der Waals surface area contributed by atoms with Gasteiger partial charge in [0, 0.05) is 43.7 Å². The molecule has 2 N–H and O–H groups in total. The fourth-order valence-electron chi connectivity index (χ4n) is 3.31. The zero-order valence-electron chi connectivity index (χ0n) is 15.5. The number of rotatable bonds is 8. The number of hydrogen-bond acceptors (Lipinski definition) is 5. The van der Waals surface area contributed by atoms with Crippen molar-refractivity contribution in [2.45, 2.75) is 32.7 Å². The summed E-state index contributed by atoms with van der Waals surface area (Å²) in [5, 5.41) is 6.40. The molecule has 2 aliphatic heterocycles. The van der Waals surface area contributed by atoms with Gasteiger partial charge < -0.3 is 10.6 Å². The van der Waals surface area contributed by atoms with E-state index in [1.165, 1.54) is 12.8 Å². The molecule has 0 aliphatic carbocycles. The van der Waals surface area contributed by atoms with E-state index >= 15 is 0 Å². The minimum Gasteiger partial charge on any atom is -0.357 e. The summed E-state index contributed by atoms with van der Waals surface area (Å²) in [6.45, 7) is 9.63. The molecule has 0 bridgehead atoms. The van der Waals surface area contributed by atoms with Crippen molar-refractivity contribution in [3.05, 3.63) is 0 Å². The van der Waals surface area contributed by atoms with Crippen molar-refractivity contribution in [3.8, 4) is 0 Å². The Balaban J connectivity index is 1.81. The van der Waals surface area contributed by atoms with E-state index in [9.17, 15) is 8.42 Å². The van der Waals surface area contributed by atoms with Crippen molar-refractivity contribution in [2.24, 2.45) is 4.99 Å². The molecule has 25 heavy (non-hydrogen) atoms. The van der Waals surface area contributed by atoms with Crippen LogP contribution in [0.15, 0.2) is 4.99 Å². The smallest absolute Gasteiger partial charge is 0.215 e. The fourth-order valence-corrected chi connectivity index (χ4v) is 5.80. The Morgan fingerprint density at radius 3 is 2.64 bits per heavy atom. The average Bonchev–Trinajstić information content (AvgIpc) is 3.08. The van der Waals surface area contributed by atoms with Gasteiger partial charge in [0.15, 0.2) is 5.96 Å². The molecule has 0 spiro atoms. The van der Waals surface area contributed by atoms with Gasteiger partial charge in [0.1, 0.15) is 0 Å². The Labute approximate surface area is 157 Å². The second kappa shape index (κ2) is 10.6. The maximum absolute atomic E-state index is 12.4. The van der Waals surface area contributed by atoms with Crippen LogP contribution in [0, 0.1) is 0 Å². The van der Waals surface area contributed by atoms with E-state index in [2.05, 4.69) is 27.4 Å². The largest absolute Gasteiger partial charge is 0.357 e. The van der Waals surface area contributed by atoms with Crippen LogP contribution in [0.25, 0.3) is 0 Å². The molecule has 2 saturated heterocycles. The molecule has 9 heteroatoms. The third kappa shape index (κ3) is 6.62. The molecular formula is C16H33N5O2S2. The third-order valence-corrected chi connectivity index (χ3v) is 7.54. The van der Waals surface area contributed by atoms with Crippen LogP contribution in [-0.4, -0.2) is 92.7 Å². The third-order valence-electron chi connectivity index (χ3n) is 4.73. The van der Waals surface area contributed by atoms with Gasteiger partial charge in [-0.25, -0.2) is 12.7 Å². The molecule has 2 rings (SSSR count). The Hall–Kier alpha value is -0.510. The number of guanidine groups is 1. The number of likely N-dealkylation sites (N-methyl/N-ethyl adjacent to an activating group) is 1. The van der Waals surface area contributed by atoms with Gasteiger partial charge in [-0.1, -0.05) is 6.92 Å². The van der Waals surface area contributed by atoms with Gasteiger partial charge in [-0.2, -0.15) is 11.8 Å². The number of nitrogens with zero attached hydrogens (tertiary/aromatic N) is 3. The number of sulfonamides is 1. The quantitative estimate of drug-likeness (QED) is 0.461. The summed E-state index contributed by atoms with van der Waals surface area (Å²) >= 11 is 1.82. The number of likely N-dealkylation sites (tertiary alicyclic amines) is 1. The Kier molecular flexibility index (Phi) is 8.81. The lowest BCUT2D eigenvalue weighted by atomic mass is 10.2. The second-order valence-electron chi connectivity index (χ2n) is 6.40. The Morgan fingerprint density at radius 2 is 1.96 bits per heavy atom. The predicted octanol–water partition coefficient (Wildman–Crippen LogP) is 0.404. The summed E-state index contributed by atoms with van der Waals surface area (Å²) in [7, 11) is -3.17. The van der Waals surface area contributed by atoms with Crippen molar-refractivity contribution in [2.75, 3.05) is 63.1 Å². The molecule has 146 valence electrons. The number of thioether (sulfide) groups is 1. The van der Waals surface area contributed by atoms with Gasteiger partial charge in [-0.05, 0) is 32.9 Å². The highest BCUT2D eigenvalue weighted by atomic mass is 32.2. The molecule has 0 aromatic heterocycles. The monoisotopic (exact) mass is 391 g/mol. The molecule has 1 unspecified atom stereocenters. The standard InChI is InChI=1S/C16H33N5O2S2/c1-3-17-16(19-14-15-6-5-8-20(15)4-2)18-7-13-25(22,23)21-9-11-24-12-10-21/h15H,3-14H2,1-2H3,(H2,17,18,19). The number of aliphatic imine (C=N–C) groups is 1. The molecule has 0 radical (unpaired) electrons. The predicted molar refractivity (Wildman–Crippen MR) is 107 cm³/mol. The summed E-state index contributed by atoms with van der Waals surface area (Å²) in [6.07, 6.45) is 2.43. The highest BCUT2D eigenvalue weighted by Crippen LogP contribution is 2.16. The van der Waals surface area contributed by atoms with Crippen molar-refractivity contribution >= 4 is 27.7 Å². The lowest BCUT2D eigenvalue weighted by Crippen LogP contribution is -2.44. The molecule has 2 heterocycles. The topological polar surface area (TPSA) is 77.0 Å². The van der Waals surface area contributed by atoms with Crippen molar-refractivity contribution in [1.29, 1.82) is 0 Å². The molecule has 0 aromatic carbocycles. The SMILES string of the molecule is CCNC(=NCC1CCCN1CC)NCCS(=O)(=O)N1CCSCC1. The maximum atomic E-state index is 12.4. The van der Waals surface area contributed by atoms with Crippen LogP contribution in [0.3, 0.4) is 0 Å². The van der Waals surface area contributed by atoms with Crippen molar-refractivity contribution in [1.82, 2.24) is 19.8 Å². The van der Waals surface area contributed by atoms with Crippen LogP contribution in [-0.2, 0) is 10.0 Å². The van der Waals surface area contributed by atoms with E-state index in [1.54, 1.807) is 4.31 Å². The minimum atomic E-state index is -3.17. The fraction of sp³-hybridized carbons (Fsp3) is 0.938. The molecule has 1 atom stereocenters. The molecule has 0 amide bonds. The minimum absolute atomic E-state index is 0.118. The Morgan fingerprint density at radius 1 is 1.20 bits per heavy atom. The van der Waals surface area contributed by atoms with Gasteiger partial charge in [-0.3, -0.25) is 9.89 Å².